The molecule has 0 bridgehead atoms. The molecule has 0 radical (unpaired) electrons. The SMILES string of the molecule is CCc1cn2c3c(cc(C(=O)N[C@@H](Cc4ccccc4)[C@H](O)CN[C@@H](C)C(=O)NC4CCCCC4)cc13)N(C)SCC2. The number of carbonyl (C=O) groups is 2. The van der Waals surface area contributed by atoms with E-state index in [2.05, 4.69) is 45.0 Å². The first-order valence-electron chi connectivity index (χ1n) is 15.4. The summed E-state index contributed by atoms with van der Waals surface area (Å²) in [6.45, 7) is 5.08. The molecule has 8 nitrogen and oxygen atoms in total. The summed E-state index contributed by atoms with van der Waals surface area (Å²) in [6, 6.07) is 13.1. The van der Waals surface area contributed by atoms with Crippen LogP contribution in [0, 0.1) is 0 Å². The molecular weight excluding hydrogens is 546 g/mol. The quantitative estimate of drug-likeness (QED) is 0.246. The van der Waals surface area contributed by atoms with Crippen LogP contribution < -0.4 is 20.3 Å². The maximum atomic E-state index is 13.8. The highest BCUT2D eigenvalue weighted by atomic mass is 32.2. The Morgan fingerprint density at radius 3 is 2.62 bits per heavy atom. The Balaban J connectivity index is 1.32. The van der Waals surface area contributed by atoms with Crippen LogP contribution in [0.1, 0.15) is 67.4 Å². The normalized spacial score (nSPS) is 17.9. The van der Waals surface area contributed by atoms with E-state index in [1.807, 2.05) is 49.4 Å². The van der Waals surface area contributed by atoms with E-state index < -0.39 is 18.2 Å². The summed E-state index contributed by atoms with van der Waals surface area (Å²) in [5, 5.41) is 22.0. The van der Waals surface area contributed by atoms with Crippen molar-refractivity contribution in [3.8, 4) is 0 Å². The standard InChI is InChI=1S/C33H45N5O3S/c1-4-24-21-38-15-16-42-37(3)29-19-25(18-27(24)31(29)38)33(41)36-28(17-23-11-7-5-8-12-23)30(39)20-34-22(2)32(40)35-26-13-9-6-10-14-26/h5,7-8,11-12,18-19,21-22,26,28,30,34,39H,4,6,9-10,13-17,20H2,1-3H3,(H,35,40)(H,36,41)/t22-,28-,30+/m0/s1. The number of aliphatic hydroxyl groups excluding tert-OH is 1. The second-order valence-corrected chi connectivity index (χ2v) is 12.9. The third kappa shape index (κ3) is 7.13. The number of carbonyl (C=O) groups excluding carboxylic acids is 2. The van der Waals surface area contributed by atoms with E-state index in [1.165, 1.54) is 17.5 Å². The Kier molecular flexibility index (Phi) is 10.1. The van der Waals surface area contributed by atoms with Crippen molar-refractivity contribution in [1.82, 2.24) is 20.5 Å². The van der Waals surface area contributed by atoms with Gasteiger partial charge in [0.25, 0.3) is 5.91 Å². The summed E-state index contributed by atoms with van der Waals surface area (Å²) in [4.78, 5) is 26.6. The topological polar surface area (TPSA) is 98.6 Å². The zero-order valence-electron chi connectivity index (χ0n) is 25.1. The number of aliphatic hydroxyl groups is 1. The molecule has 2 aromatic carbocycles. The molecule has 1 aliphatic carbocycles. The third-order valence-electron chi connectivity index (χ3n) is 8.69. The lowest BCUT2D eigenvalue weighted by Crippen LogP contribution is -2.53. The zero-order valence-corrected chi connectivity index (χ0v) is 25.9. The van der Waals surface area contributed by atoms with Crippen molar-refractivity contribution in [2.75, 3.05) is 23.7 Å². The molecule has 1 fully saturated rings. The number of hydrogen-bond acceptors (Lipinski definition) is 6. The Labute approximate surface area is 253 Å². The van der Waals surface area contributed by atoms with Crippen molar-refractivity contribution < 1.29 is 14.7 Å². The fourth-order valence-corrected chi connectivity index (χ4v) is 7.00. The number of anilines is 1. The predicted molar refractivity (Wildman–Crippen MR) is 172 cm³/mol. The van der Waals surface area contributed by atoms with E-state index in [0.717, 1.165) is 61.0 Å². The molecule has 2 heterocycles. The van der Waals surface area contributed by atoms with Crippen molar-refractivity contribution >= 4 is 40.4 Å². The van der Waals surface area contributed by atoms with Gasteiger partial charge in [-0.15, -0.1) is 0 Å². The molecule has 0 unspecified atom stereocenters. The van der Waals surface area contributed by atoms with Gasteiger partial charge in [-0.2, -0.15) is 0 Å². The Hall–Kier alpha value is -3.01. The average Bonchev–Trinajstić information content (AvgIpc) is 3.28. The van der Waals surface area contributed by atoms with E-state index in [1.54, 1.807) is 11.9 Å². The minimum atomic E-state index is -0.894. The molecule has 4 N–H and O–H groups in total. The summed E-state index contributed by atoms with van der Waals surface area (Å²) in [6.07, 6.45) is 8.28. The Bertz CT molecular complexity index is 1370. The van der Waals surface area contributed by atoms with Crippen molar-refractivity contribution in [3.05, 3.63) is 65.4 Å². The molecular formula is C33H45N5O3S. The minimum absolute atomic E-state index is 0.0448. The van der Waals surface area contributed by atoms with Gasteiger partial charge in [-0.25, -0.2) is 0 Å². The van der Waals surface area contributed by atoms with Crippen LogP contribution in [0.3, 0.4) is 0 Å². The van der Waals surface area contributed by atoms with E-state index in [-0.39, 0.29) is 24.4 Å². The molecule has 1 aromatic heterocycles. The van der Waals surface area contributed by atoms with E-state index in [9.17, 15) is 14.7 Å². The number of aryl methyl sites for hydroxylation is 2. The van der Waals surface area contributed by atoms with Crippen molar-refractivity contribution in [3.63, 3.8) is 0 Å². The predicted octanol–water partition coefficient (Wildman–Crippen LogP) is 4.43. The second-order valence-electron chi connectivity index (χ2n) is 11.7. The van der Waals surface area contributed by atoms with Crippen LogP contribution in [0.2, 0.25) is 0 Å². The minimum Gasteiger partial charge on any atom is -0.390 e. The second kappa shape index (κ2) is 14.0. The van der Waals surface area contributed by atoms with Gasteiger partial charge < -0.3 is 29.9 Å². The molecule has 1 aliphatic heterocycles. The highest BCUT2D eigenvalue weighted by Gasteiger charge is 2.27. The number of hydrogen-bond donors (Lipinski definition) is 4. The van der Waals surface area contributed by atoms with Crippen LogP contribution in [0.4, 0.5) is 5.69 Å². The van der Waals surface area contributed by atoms with Crippen LogP contribution in [0.15, 0.2) is 48.7 Å². The lowest BCUT2D eigenvalue weighted by Gasteiger charge is -2.27. The number of nitrogens with one attached hydrogen (secondary N) is 3. The van der Waals surface area contributed by atoms with Crippen molar-refractivity contribution in [2.24, 2.45) is 0 Å². The first kappa shape index (κ1) is 30.4. The molecule has 0 spiro atoms. The van der Waals surface area contributed by atoms with Crippen molar-refractivity contribution in [1.29, 1.82) is 0 Å². The summed E-state index contributed by atoms with van der Waals surface area (Å²) in [7, 11) is 2.05. The molecule has 1 saturated carbocycles. The molecule has 226 valence electrons. The zero-order chi connectivity index (χ0) is 29.6. The van der Waals surface area contributed by atoms with E-state index in [4.69, 9.17) is 0 Å². The largest absolute Gasteiger partial charge is 0.390 e. The number of amides is 2. The van der Waals surface area contributed by atoms with Crippen LogP contribution in [-0.4, -0.2) is 65.1 Å². The lowest BCUT2D eigenvalue weighted by molar-refractivity contribution is -0.123. The summed E-state index contributed by atoms with van der Waals surface area (Å²) in [5.74, 6) is 0.708. The maximum absolute atomic E-state index is 13.8. The maximum Gasteiger partial charge on any atom is 0.251 e. The molecule has 0 saturated heterocycles. The molecule has 5 rings (SSSR count). The van der Waals surface area contributed by atoms with Gasteiger partial charge in [-0.3, -0.25) is 9.59 Å². The molecule has 2 amide bonds. The van der Waals surface area contributed by atoms with Gasteiger partial charge in [-0.05, 0) is 67.8 Å². The molecule has 9 heteroatoms. The summed E-state index contributed by atoms with van der Waals surface area (Å²) in [5.41, 5.74) is 5.03. The molecule has 3 atom stereocenters. The van der Waals surface area contributed by atoms with E-state index >= 15 is 0 Å². The van der Waals surface area contributed by atoms with Gasteiger partial charge in [0.05, 0.1) is 29.4 Å². The lowest BCUT2D eigenvalue weighted by atomic mass is 9.95. The van der Waals surface area contributed by atoms with Gasteiger partial charge in [0, 0.05) is 49.1 Å². The smallest absolute Gasteiger partial charge is 0.251 e. The average molecular weight is 592 g/mol. The van der Waals surface area contributed by atoms with Gasteiger partial charge in [0.2, 0.25) is 5.91 Å². The van der Waals surface area contributed by atoms with Crippen molar-refractivity contribution in [2.45, 2.75) is 89.6 Å². The fraction of sp³-hybridized carbons (Fsp3) is 0.515. The number of benzene rings is 2. The Morgan fingerprint density at radius 1 is 1.12 bits per heavy atom. The van der Waals surface area contributed by atoms with Gasteiger partial charge in [0.15, 0.2) is 0 Å². The number of rotatable bonds is 11. The number of aromatic nitrogens is 1. The Morgan fingerprint density at radius 2 is 1.88 bits per heavy atom. The molecule has 2 aliphatic rings. The van der Waals surface area contributed by atoms with Crippen LogP contribution in [0.5, 0.6) is 0 Å². The molecule has 42 heavy (non-hydrogen) atoms. The third-order valence-corrected chi connectivity index (χ3v) is 9.64. The first-order valence-corrected chi connectivity index (χ1v) is 16.4. The highest BCUT2D eigenvalue weighted by molar-refractivity contribution is 8.00. The van der Waals surface area contributed by atoms with Crippen LogP contribution >= 0.6 is 11.9 Å². The van der Waals surface area contributed by atoms with Gasteiger partial charge in [0.1, 0.15) is 0 Å². The summed E-state index contributed by atoms with van der Waals surface area (Å²) >= 11 is 1.75. The van der Waals surface area contributed by atoms with Gasteiger partial charge >= 0.3 is 0 Å². The fourth-order valence-electron chi connectivity index (χ4n) is 6.17. The summed E-state index contributed by atoms with van der Waals surface area (Å²) < 4.78 is 4.46. The van der Waals surface area contributed by atoms with E-state index in [0.29, 0.717) is 12.0 Å². The van der Waals surface area contributed by atoms with Gasteiger partial charge in [-0.1, -0.05) is 56.5 Å². The molecule has 3 aromatic rings. The number of nitrogens with zero attached hydrogens (tertiary/aromatic N) is 2. The highest BCUT2D eigenvalue weighted by Crippen LogP contribution is 2.37. The first-order chi connectivity index (χ1) is 20.3. The monoisotopic (exact) mass is 591 g/mol. The van der Waals surface area contributed by atoms with Crippen LogP contribution in [-0.2, 0) is 24.2 Å². The van der Waals surface area contributed by atoms with Crippen LogP contribution in [0.25, 0.3) is 10.9 Å².